The molecule has 93 heavy (non-hydrogen) atoms. The van der Waals surface area contributed by atoms with Crippen LogP contribution in [-0.2, 0) is 17.0 Å². The lowest BCUT2D eigenvalue weighted by Crippen LogP contribution is -2.37. The summed E-state index contributed by atoms with van der Waals surface area (Å²) >= 11 is 54.8. The Balaban J connectivity index is 0.000000153. The molecule has 3 saturated carbocycles. The van der Waals surface area contributed by atoms with E-state index in [4.69, 9.17) is 98.1 Å². The van der Waals surface area contributed by atoms with Gasteiger partial charge in [-0.1, -0.05) is 92.8 Å². The van der Waals surface area contributed by atoms with Gasteiger partial charge in [0.25, 0.3) is 17.7 Å². The molecular formula is C64H51Cl8F3N12O3S3. The monoisotopic (exact) mass is 1470 g/mol. The minimum Gasteiger partial charge on any atom is -0.334 e. The summed E-state index contributed by atoms with van der Waals surface area (Å²) in [4.78, 5) is 41.6. The molecule has 15 nitrogen and oxygen atoms in total. The van der Waals surface area contributed by atoms with Gasteiger partial charge in [-0.25, -0.2) is 27.2 Å². The van der Waals surface area contributed by atoms with Crippen molar-refractivity contribution >= 4 is 145 Å². The first kappa shape index (κ1) is 69.2. The van der Waals surface area contributed by atoms with Crippen LogP contribution < -0.4 is 10.6 Å². The highest BCUT2D eigenvalue weighted by atomic mass is 35.5. The van der Waals surface area contributed by atoms with Crippen LogP contribution >= 0.6 is 127 Å². The number of nitrogens with one attached hydrogen (secondary N) is 2. The van der Waals surface area contributed by atoms with Crippen LogP contribution in [0.5, 0.6) is 0 Å². The van der Waals surface area contributed by atoms with Crippen molar-refractivity contribution in [2.24, 2.45) is 0 Å². The average Bonchev–Trinajstić information content (AvgIpc) is 1.77. The average molecular weight is 1470 g/mol. The predicted molar refractivity (Wildman–Crippen MR) is 363 cm³/mol. The number of hydrogen-bond acceptors (Lipinski definition) is 12. The van der Waals surface area contributed by atoms with Crippen LogP contribution in [0.1, 0.15) is 128 Å². The minimum atomic E-state index is -1.59. The summed E-state index contributed by atoms with van der Waals surface area (Å²) < 4.78 is 48.0. The molecule has 6 aromatic heterocycles. The van der Waals surface area contributed by atoms with Gasteiger partial charge in [-0.15, -0.1) is 34.0 Å². The molecule has 0 radical (unpaired) electrons. The van der Waals surface area contributed by atoms with Crippen LogP contribution in [-0.4, -0.2) is 75.6 Å². The second-order valence-electron chi connectivity index (χ2n) is 23.9. The summed E-state index contributed by atoms with van der Waals surface area (Å²) in [7, 11) is 1.62. The van der Waals surface area contributed by atoms with Crippen molar-refractivity contribution in [1.29, 1.82) is 15.8 Å². The molecule has 3 aromatic carbocycles. The highest BCUT2D eigenvalue weighted by Gasteiger charge is 2.50. The molecule has 2 N–H and O–H groups in total. The van der Waals surface area contributed by atoms with Gasteiger partial charge in [0.1, 0.15) is 59.4 Å². The Labute approximate surface area is 584 Å². The van der Waals surface area contributed by atoms with Crippen molar-refractivity contribution in [2.45, 2.75) is 114 Å². The number of rotatable bonds is 15. The summed E-state index contributed by atoms with van der Waals surface area (Å²) in [5.74, 6) is -0.937. The normalized spacial score (nSPS) is 14.9. The third-order valence-electron chi connectivity index (χ3n) is 15.6. The molecule has 9 aromatic rings. The maximum atomic E-state index is 14.3. The highest BCUT2D eigenvalue weighted by Crippen LogP contribution is 2.46. The second kappa shape index (κ2) is 26.2. The zero-order valence-corrected chi connectivity index (χ0v) is 58.6. The van der Waals surface area contributed by atoms with E-state index < -0.39 is 33.6 Å². The van der Waals surface area contributed by atoms with Crippen LogP contribution in [0.2, 0.25) is 38.8 Å². The van der Waals surface area contributed by atoms with E-state index in [2.05, 4.69) is 44.1 Å². The smallest absolute Gasteiger partial charge is 0.257 e. The van der Waals surface area contributed by atoms with Crippen LogP contribution in [0.15, 0.2) is 97.2 Å². The third kappa shape index (κ3) is 14.9. The van der Waals surface area contributed by atoms with Gasteiger partial charge in [-0.2, -0.15) is 31.1 Å². The molecule has 29 heteroatoms. The van der Waals surface area contributed by atoms with Gasteiger partial charge in [0.05, 0.1) is 83.6 Å². The number of nitriles is 3. The Morgan fingerprint density at radius 2 is 0.860 bits per heavy atom. The van der Waals surface area contributed by atoms with E-state index in [0.717, 1.165) is 20.2 Å². The van der Waals surface area contributed by atoms with Crippen LogP contribution in [0.4, 0.5) is 13.2 Å². The predicted octanol–water partition coefficient (Wildman–Crippen LogP) is 19.3. The lowest BCUT2D eigenvalue weighted by molar-refractivity contribution is 0.0749. The summed E-state index contributed by atoms with van der Waals surface area (Å²) in [5.41, 5.74) is -1.21. The Morgan fingerprint density at radius 3 is 1.19 bits per heavy atom. The molecule has 0 bridgehead atoms. The van der Waals surface area contributed by atoms with Gasteiger partial charge >= 0.3 is 0 Å². The van der Waals surface area contributed by atoms with E-state index in [0.29, 0.717) is 109 Å². The van der Waals surface area contributed by atoms with E-state index in [9.17, 15) is 38.1 Å². The van der Waals surface area contributed by atoms with Gasteiger partial charge in [-0.3, -0.25) is 14.4 Å². The Kier molecular flexibility index (Phi) is 19.5. The number of alkyl halides is 3. The number of carbonyl (C=O) groups excluding carboxylic acids is 3. The maximum Gasteiger partial charge on any atom is 0.257 e. The Hall–Kier alpha value is -6.62. The number of nitrogens with zero attached hydrogens (tertiary/aromatic N) is 10. The molecule has 0 saturated heterocycles. The SMILES string of the molecule is CC(C)(F)c1cc(Cl)c(-n2cc(-c3cc(C(=O)NC4(C#N)CC4)c(Cl)s3)cn2)c(Cl)c1.CC(C)(F)c1cc(Cl)c(-n2cc(-c3cc(C(=O)NC4(C#N)CC4)cs3)cn2)c(Cl)c1.CN(C(=O)c1cc(-c2cnn(-c3c(Cl)cc(C(C)(C)F)cc3Cl)c2)sc1Cl)C1(C#N)CC1. The fraction of sp³-hybridized carbons (Fsp3) is 0.297. The summed E-state index contributed by atoms with van der Waals surface area (Å²) in [5, 5.41) is 49.6. The van der Waals surface area contributed by atoms with Crippen LogP contribution in [0, 0.1) is 34.0 Å². The highest BCUT2D eigenvalue weighted by molar-refractivity contribution is 7.20. The number of thiophene rings is 3. The first-order chi connectivity index (χ1) is 43.6. The standard InChI is InChI=1S/C22H18Cl3FN4OS.C21H16Cl3FN4OS.C21H17Cl2FN4OS/c1-21(2,26)13-6-15(23)18(16(24)7-13)30-10-12(9-28-30)17-8-14(19(25)32-17)20(31)29(3)22(11-27)4-5-22;1-20(2,25)12-5-14(22)17(15(23)6-12)29-9-11(8-27-29)16-7-13(18(24)31-16)19(30)28-21(10-26)3-4-21;1-20(2,24)14-6-15(22)18(16(23)7-14)28-9-13(8-26-28)17-5-12(10-30-17)19(29)27-21(11-25)3-4-21/h6-10H,4-5H2,1-3H3;5-9H,3-4H2,1-2H3,(H,28,30);5-10H,3-4H2,1-2H3,(H,27,29). The van der Waals surface area contributed by atoms with E-state index in [1.54, 1.807) is 79.9 Å². The molecule has 480 valence electrons. The van der Waals surface area contributed by atoms with Gasteiger partial charge in [0.2, 0.25) is 0 Å². The molecular weight excluding hydrogens is 1420 g/mol. The second-order valence-corrected chi connectivity index (χ2v) is 30.6. The molecule has 0 atom stereocenters. The lowest BCUT2D eigenvalue weighted by Gasteiger charge is -2.21. The molecule has 3 fully saturated rings. The van der Waals surface area contributed by atoms with Crippen LogP contribution in [0.3, 0.4) is 0 Å². The summed E-state index contributed by atoms with van der Waals surface area (Å²) in [6.07, 6.45) is 14.0. The van der Waals surface area contributed by atoms with E-state index in [1.807, 2.05) is 0 Å². The lowest BCUT2D eigenvalue weighted by atomic mass is 10.00. The number of hydrogen-bond donors (Lipinski definition) is 2. The van der Waals surface area contributed by atoms with Crippen molar-refractivity contribution in [3.05, 3.63) is 169 Å². The first-order valence-electron chi connectivity index (χ1n) is 28.2. The zero-order chi connectivity index (χ0) is 67.7. The molecule has 0 aliphatic heterocycles. The molecule has 3 aliphatic rings. The quantitative estimate of drug-likeness (QED) is 0.100. The molecule has 3 aliphatic carbocycles. The number of benzene rings is 3. The molecule has 3 amide bonds. The van der Waals surface area contributed by atoms with Gasteiger partial charge in [0, 0.05) is 62.3 Å². The number of amides is 3. The van der Waals surface area contributed by atoms with E-state index >= 15 is 0 Å². The van der Waals surface area contributed by atoms with Crippen molar-refractivity contribution in [3.8, 4) is 66.6 Å². The van der Waals surface area contributed by atoms with E-state index in [1.165, 1.54) is 119 Å². The molecule has 0 spiro atoms. The van der Waals surface area contributed by atoms with Crippen molar-refractivity contribution < 1.29 is 27.6 Å². The topological polar surface area (TPSA) is 203 Å². The number of aromatic nitrogens is 6. The fourth-order valence-electron chi connectivity index (χ4n) is 9.40. The Morgan fingerprint density at radius 1 is 0.516 bits per heavy atom. The van der Waals surface area contributed by atoms with Crippen molar-refractivity contribution in [2.75, 3.05) is 7.05 Å². The summed E-state index contributed by atoms with van der Waals surface area (Å²) in [6.45, 7) is 8.59. The number of halogens is 11. The third-order valence-corrected chi connectivity index (χ3v) is 21.1. The maximum absolute atomic E-state index is 14.3. The largest absolute Gasteiger partial charge is 0.334 e. The summed E-state index contributed by atoms with van der Waals surface area (Å²) in [6, 6.07) is 20.8. The number of carbonyl (C=O) groups is 3. The van der Waals surface area contributed by atoms with Crippen molar-refractivity contribution in [1.82, 2.24) is 44.9 Å². The first-order valence-corrected chi connectivity index (χ1v) is 33.7. The van der Waals surface area contributed by atoms with E-state index in [-0.39, 0.29) is 47.9 Å². The zero-order valence-electron chi connectivity index (χ0n) is 50.1. The van der Waals surface area contributed by atoms with Gasteiger partial charge in [0.15, 0.2) is 0 Å². The molecule has 0 unspecified atom stereocenters. The van der Waals surface area contributed by atoms with Gasteiger partial charge in [-0.05, 0) is 151 Å². The fourth-order valence-corrected chi connectivity index (χ4v) is 14.7. The minimum absolute atomic E-state index is 0.262. The Bertz CT molecular complexity index is 4530. The molecule has 12 rings (SSSR count). The van der Waals surface area contributed by atoms with Crippen molar-refractivity contribution in [3.63, 3.8) is 0 Å². The molecule has 6 heterocycles. The van der Waals surface area contributed by atoms with Gasteiger partial charge < -0.3 is 15.5 Å². The van der Waals surface area contributed by atoms with Crippen LogP contribution in [0.25, 0.3) is 48.4 Å².